The van der Waals surface area contributed by atoms with Gasteiger partial charge in [-0.1, -0.05) is 6.92 Å². The molecule has 0 aliphatic carbocycles. The molecule has 0 spiro atoms. The highest BCUT2D eigenvalue weighted by atomic mass is 19.4. The molecule has 0 radical (unpaired) electrons. The van der Waals surface area contributed by atoms with Gasteiger partial charge in [0.15, 0.2) is 0 Å². The number of piperidine rings is 1. The molecular weight excluding hydrogens is 297 g/mol. The third-order valence-electron chi connectivity index (χ3n) is 3.87. The molecule has 0 bridgehead atoms. The van der Waals surface area contributed by atoms with Crippen molar-refractivity contribution < 1.29 is 22.7 Å². The van der Waals surface area contributed by atoms with Gasteiger partial charge in [0.05, 0.1) is 24.0 Å². The van der Waals surface area contributed by atoms with Crippen LogP contribution in [0, 0.1) is 5.92 Å². The van der Waals surface area contributed by atoms with Crippen molar-refractivity contribution in [1.82, 2.24) is 0 Å². The molecule has 4 nitrogen and oxygen atoms in total. The first-order valence-electron chi connectivity index (χ1n) is 7.12. The minimum atomic E-state index is -4.46. The molecule has 1 heterocycles. The number of methoxy groups -OCH3 is 1. The highest BCUT2D eigenvalue weighted by Gasteiger charge is 2.32. The van der Waals surface area contributed by atoms with E-state index in [9.17, 15) is 18.0 Å². The van der Waals surface area contributed by atoms with E-state index in [1.54, 1.807) is 0 Å². The van der Waals surface area contributed by atoms with Crippen molar-refractivity contribution in [3.8, 4) is 0 Å². The summed E-state index contributed by atoms with van der Waals surface area (Å²) in [6, 6.07) is 3.39. The molecule has 0 aromatic heterocycles. The first-order valence-corrected chi connectivity index (χ1v) is 7.12. The second-order valence-electron chi connectivity index (χ2n) is 5.52. The van der Waals surface area contributed by atoms with Crippen LogP contribution in [0.2, 0.25) is 0 Å². The lowest BCUT2D eigenvalue weighted by Gasteiger charge is -2.33. The van der Waals surface area contributed by atoms with Crippen molar-refractivity contribution in [1.29, 1.82) is 0 Å². The number of hydrogen-bond donors (Lipinski definition) is 1. The van der Waals surface area contributed by atoms with Gasteiger partial charge in [-0.2, -0.15) is 13.2 Å². The summed E-state index contributed by atoms with van der Waals surface area (Å²) in [4.78, 5) is 13.4. The fourth-order valence-electron chi connectivity index (χ4n) is 2.50. The first-order chi connectivity index (χ1) is 10.3. The summed E-state index contributed by atoms with van der Waals surface area (Å²) in [5.41, 5.74) is -0.0884. The quantitative estimate of drug-likeness (QED) is 0.892. The molecule has 1 aromatic rings. The predicted octanol–water partition coefficient (Wildman–Crippen LogP) is 4.12. The molecule has 1 N–H and O–H groups in total. The molecular formula is C15H19F3N2O2. The van der Waals surface area contributed by atoms with Crippen LogP contribution in [-0.4, -0.2) is 26.3 Å². The maximum atomic E-state index is 12.9. The highest BCUT2D eigenvalue weighted by Crippen LogP contribution is 2.36. The molecule has 0 saturated carbocycles. The number of ether oxygens (including phenoxy) is 1. The van der Waals surface area contributed by atoms with Crippen molar-refractivity contribution in [3.63, 3.8) is 0 Å². The third-order valence-corrected chi connectivity index (χ3v) is 3.87. The van der Waals surface area contributed by atoms with Crippen LogP contribution in [0.1, 0.15) is 25.3 Å². The van der Waals surface area contributed by atoms with Gasteiger partial charge in [-0.3, -0.25) is 5.32 Å². The molecule has 1 saturated heterocycles. The van der Waals surface area contributed by atoms with Gasteiger partial charge in [0.1, 0.15) is 0 Å². The normalized spacial score (nSPS) is 16.5. The third kappa shape index (κ3) is 3.84. The van der Waals surface area contributed by atoms with Gasteiger partial charge in [-0.05, 0) is 37.0 Å². The summed E-state index contributed by atoms with van der Waals surface area (Å²) in [5, 5.41) is 2.38. The Morgan fingerprint density at radius 1 is 1.32 bits per heavy atom. The Kier molecular flexibility index (Phi) is 4.83. The van der Waals surface area contributed by atoms with Crippen LogP contribution in [0.4, 0.5) is 29.3 Å². The molecule has 7 heteroatoms. The van der Waals surface area contributed by atoms with E-state index in [1.165, 1.54) is 13.2 Å². The van der Waals surface area contributed by atoms with E-state index in [0.717, 1.165) is 38.1 Å². The Hall–Kier alpha value is -1.92. The number of nitrogens with zero attached hydrogens (tertiary/aromatic N) is 1. The van der Waals surface area contributed by atoms with Crippen molar-refractivity contribution in [2.45, 2.75) is 25.9 Å². The zero-order valence-electron chi connectivity index (χ0n) is 12.5. The second-order valence-corrected chi connectivity index (χ2v) is 5.52. The molecule has 1 fully saturated rings. The predicted molar refractivity (Wildman–Crippen MR) is 78.1 cm³/mol. The van der Waals surface area contributed by atoms with E-state index in [0.29, 0.717) is 11.6 Å². The number of hydrogen-bond acceptors (Lipinski definition) is 3. The molecule has 122 valence electrons. The molecule has 1 amide bonds. The average molecular weight is 316 g/mol. The first kappa shape index (κ1) is 16.5. The van der Waals surface area contributed by atoms with Crippen LogP contribution in [0.3, 0.4) is 0 Å². The van der Waals surface area contributed by atoms with Gasteiger partial charge in [0.2, 0.25) is 0 Å². The number of nitrogens with one attached hydrogen (secondary N) is 1. The van der Waals surface area contributed by atoms with Crippen LogP contribution in [-0.2, 0) is 10.9 Å². The molecule has 1 aromatic carbocycles. The van der Waals surface area contributed by atoms with Crippen molar-refractivity contribution in [2.24, 2.45) is 5.92 Å². The second kappa shape index (κ2) is 6.46. The van der Waals surface area contributed by atoms with E-state index in [2.05, 4.69) is 17.0 Å². The minimum Gasteiger partial charge on any atom is -0.453 e. The van der Waals surface area contributed by atoms with Crippen LogP contribution < -0.4 is 10.2 Å². The van der Waals surface area contributed by atoms with E-state index < -0.39 is 17.8 Å². The maximum Gasteiger partial charge on any atom is 0.416 e. The SMILES string of the molecule is COC(=O)Nc1cc(C(F)(F)F)ccc1N1CCC(C)CC1. The van der Waals surface area contributed by atoms with Gasteiger partial charge >= 0.3 is 12.3 Å². The monoisotopic (exact) mass is 316 g/mol. The van der Waals surface area contributed by atoms with E-state index in [-0.39, 0.29) is 5.69 Å². The summed E-state index contributed by atoms with van der Waals surface area (Å²) in [7, 11) is 1.17. The molecule has 22 heavy (non-hydrogen) atoms. The minimum absolute atomic E-state index is 0.122. The van der Waals surface area contributed by atoms with Crippen molar-refractivity contribution >= 4 is 17.5 Å². The lowest BCUT2D eigenvalue weighted by atomic mass is 9.98. The van der Waals surface area contributed by atoms with Crippen molar-refractivity contribution in [2.75, 3.05) is 30.4 Å². The lowest BCUT2D eigenvalue weighted by molar-refractivity contribution is -0.137. The lowest BCUT2D eigenvalue weighted by Crippen LogP contribution is -2.33. The Bertz CT molecular complexity index is 538. The summed E-state index contributed by atoms with van der Waals surface area (Å²) >= 11 is 0. The number of carbonyl (C=O) groups excluding carboxylic acids is 1. The zero-order chi connectivity index (χ0) is 16.3. The van der Waals surface area contributed by atoms with Gasteiger partial charge in [-0.15, -0.1) is 0 Å². The number of benzene rings is 1. The van der Waals surface area contributed by atoms with E-state index >= 15 is 0 Å². The number of alkyl halides is 3. The smallest absolute Gasteiger partial charge is 0.416 e. The average Bonchev–Trinajstić information content (AvgIpc) is 2.47. The fraction of sp³-hybridized carbons (Fsp3) is 0.533. The Morgan fingerprint density at radius 2 is 1.95 bits per heavy atom. The zero-order valence-corrected chi connectivity index (χ0v) is 12.5. The van der Waals surface area contributed by atoms with Crippen LogP contribution in [0.15, 0.2) is 18.2 Å². The van der Waals surface area contributed by atoms with E-state index in [1.807, 2.05) is 4.90 Å². The summed E-state index contributed by atoms with van der Waals surface area (Å²) < 4.78 is 43.1. The number of rotatable bonds is 2. The van der Waals surface area contributed by atoms with Crippen LogP contribution in [0.5, 0.6) is 0 Å². The van der Waals surface area contributed by atoms with Gasteiger partial charge in [0.25, 0.3) is 0 Å². The Morgan fingerprint density at radius 3 is 2.50 bits per heavy atom. The number of anilines is 2. The molecule has 0 atom stereocenters. The fourth-order valence-corrected chi connectivity index (χ4v) is 2.50. The molecule has 1 aliphatic heterocycles. The maximum absolute atomic E-state index is 12.9. The molecule has 1 aliphatic rings. The summed E-state index contributed by atoms with van der Waals surface area (Å²) in [6.07, 6.45) is -3.30. The van der Waals surface area contributed by atoms with Gasteiger partial charge in [0, 0.05) is 13.1 Å². The number of halogens is 3. The van der Waals surface area contributed by atoms with E-state index in [4.69, 9.17) is 0 Å². The standard InChI is InChI=1S/C15H19F3N2O2/c1-10-5-7-20(8-6-10)13-4-3-11(15(16,17)18)9-12(13)19-14(21)22-2/h3-4,9-10H,5-8H2,1-2H3,(H,19,21). The van der Waals surface area contributed by atoms with Crippen LogP contribution >= 0.6 is 0 Å². The number of amides is 1. The largest absolute Gasteiger partial charge is 0.453 e. The topological polar surface area (TPSA) is 41.6 Å². The molecule has 2 rings (SSSR count). The highest BCUT2D eigenvalue weighted by molar-refractivity contribution is 5.90. The summed E-state index contributed by atoms with van der Waals surface area (Å²) in [6.45, 7) is 3.66. The van der Waals surface area contributed by atoms with Crippen molar-refractivity contribution in [3.05, 3.63) is 23.8 Å². The molecule has 0 unspecified atom stereocenters. The summed E-state index contributed by atoms with van der Waals surface area (Å²) in [5.74, 6) is 0.600. The Labute approximate surface area is 127 Å². The van der Waals surface area contributed by atoms with Gasteiger partial charge in [-0.25, -0.2) is 4.79 Å². The van der Waals surface area contributed by atoms with Crippen LogP contribution in [0.25, 0.3) is 0 Å². The van der Waals surface area contributed by atoms with Gasteiger partial charge < -0.3 is 9.64 Å². The number of carbonyl (C=O) groups is 1. The Balaban J connectivity index is 2.33.